The number of hydrogen-bond donors (Lipinski definition) is 2. The van der Waals surface area contributed by atoms with Crippen molar-refractivity contribution < 1.29 is 19.4 Å². The van der Waals surface area contributed by atoms with E-state index in [0.29, 0.717) is 24.5 Å². The number of amides is 1. The van der Waals surface area contributed by atoms with Gasteiger partial charge in [0, 0.05) is 25.8 Å². The van der Waals surface area contributed by atoms with Crippen LogP contribution in [0, 0.1) is 6.92 Å². The number of para-hydroxylation sites is 1. The summed E-state index contributed by atoms with van der Waals surface area (Å²) in [6.07, 6.45) is 0.158. The van der Waals surface area contributed by atoms with E-state index in [-0.39, 0.29) is 12.5 Å². The van der Waals surface area contributed by atoms with Crippen LogP contribution in [0.5, 0.6) is 5.75 Å². The monoisotopic (exact) mass is 281 g/mol. The van der Waals surface area contributed by atoms with Crippen LogP contribution in [0.15, 0.2) is 18.2 Å². The summed E-state index contributed by atoms with van der Waals surface area (Å²) in [4.78, 5) is 11.9. The van der Waals surface area contributed by atoms with Gasteiger partial charge in [0.1, 0.15) is 5.75 Å². The number of hydrogen-bond acceptors (Lipinski definition) is 4. The van der Waals surface area contributed by atoms with Crippen molar-refractivity contribution in [2.75, 3.05) is 20.3 Å². The van der Waals surface area contributed by atoms with Crippen LogP contribution in [0.4, 0.5) is 0 Å². The fourth-order valence-corrected chi connectivity index (χ4v) is 1.81. The number of ether oxygens (including phenoxy) is 2. The maximum absolute atomic E-state index is 11.9. The van der Waals surface area contributed by atoms with Gasteiger partial charge < -0.3 is 19.9 Å². The van der Waals surface area contributed by atoms with Crippen molar-refractivity contribution >= 4 is 5.91 Å². The number of aryl methyl sites for hydroxylation is 1. The maximum Gasteiger partial charge on any atom is 0.260 e. The van der Waals surface area contributed by atoms with Crippen molar-refractivity contribution in [2.45, 2.75) is 33.0 Å². The summed E-state index contributed by atoms with van der Waals surface area (Å²) in [6, 6.07) is 5.52. The zero-order valence-corrected chi connectivity index (χ0v) is 12.3. The molecule has 0 bridgehead atoms. The average molecular weight is 281 g/mol. The van der Waals surface area contributed by atoms with Crippen LogP contribution in [0.25, 0.3) is 0 Å². The van der Waals surface area contributed by atoms with Gasteiger partial charge in [0.2, 0.25) is 0 Å². The molecule has 0 fully saturated rings. The van der Waals surface area contributed by atoms with Crippen LogP contribution >= 0.6 is 0 Å². The van der Waals surface area contributed by atoms with Crippen LogP contribution in [0.3, 0.4) is 0 Å². The lowest BCUT2D eigenvalue weighted by Crippen LogP contribution is -2.37. The minimum atomic E-state index is -0.607. The van der Waals surface area contributed by atoms with Gasteiger partial charge in [-0.05, 0) is 25.8 Å². The first-order valence-corrected chi connectivity index (χ1v) is 6.72. The van der Waals surface area contributed by atoms with Gasteiger partial charge in [-0.25, -0.2) is 0 Å². The third kappa shape index (κ3) is 4.83. The summed E-state index contributed by atoms with van der Waals surface area (Å²) >= 11 is 0. The molecule has 2 N–H and O–H groups in total. The first-order chi connectivity index (χ1) is 9.60. The Hall–Kier alpha value is -1.59. The SMILES string of the molecule is COCCCNC(=O)C(C)Oc1c(C)cccc1CO. The van der Waals surface area contributed by atoms with Crippen LogP contribution in [-0.4, -0.2) is 37.4 Å². The van der Waals surface area contributed by atoms with E-state index in [1.165, 1.54) is 0 Å². The Morgan fingerprint density at radius 3 is 2.85 bits per heavy atom. The Morgan fingerprint density at radius 2 is 2.20 bits per heavy atom. The highest BCUT2D eigenvalue weighted by Crippen LogP contribution is 2.24. The lowest BCUT2D eigenvalue weighted by Gasteiger charge is -2.18. The second-order valence-corrected chi connectivity index (χ2v) is 4.62. The number of carbonyl (C=O) groups is 1. The molecule has 20 heavy (non-hydrogen) atoms. The van der Waals surface area contributed by atoms with E-state index in [2.05, 4.69) is 5.32 Å². The quantitative estimate of drug-likeness (QED) is 0.707. The number of nitrogens with one attached hydrogen (secondary N) is 1. The molecule has 0 aliphatic rings. The largest absolute Gasteiger partial charge is 0.480 e. The normalized spacial score (nSPS) is 12.0. The van der Waals surface area contributed by atoms with Crippen LogP contribution < -0.4 is 10.1 Å². The predicted molar refractivity (Wildman–Crippen MR) is 76.7 cm³/mol. The summed E-state index contributed by atoms with van der Waals surface area (Å²) in [7, 11) is 1.63. The Morgan fingerprint density at radius 1 is 1.45 bits per heavy atom. The highest BCUT2D eigenvalue weighted by molar-refractivity contribution is 5.80. The van der Waals surface area contributed by atoms with Gasteiger partial charge in [0.05, 0.1) is 6.61 Å². The number of aliphatic hydroxyl groups is 1. The number of methoxy groups -OCH3 is 1. The summed E-state index contributed by atoms with van der Waals surface area (Å²) in [5, 5.41) is 12.1. The molecule has 1 unspecified atom stereocenters. The molecule has 0 saturated carbocycles. The standard InChI is InChI=1S/C15H23NO4/c1-11-6-4-7-13(10-17)14(11)20-12(2)15(18)16-8-5-9-19-3/h4,6-7,12,17H,5,8-10H2,1-3H3,(H,16,18). The highest BCUT2D eigenvalue weighted by atomic mass is 16.5. The van der Waals surface area contributed by atoms with Crippen molar-refractivity contribution in [1.29, 1.82) is 0 Å². The molecule has 1 aromatic carbocycles. The fourth-order valence-electron chi connectivity index (χ4n) is 1.81. The molecule has 1 rings (SSSR count). The minimum Gasteiger partial charge on any atom is -0.480 e. The zero-order chi connectivity index (χ0) is 15.0. The number of carbonyl (C=O) groups excluding carboxylic acids is 1. The van der Waals surface area contributed by atoms with E-state index in [4.69, 9.17) is 9.47 Å². The van der Waals surface area contributed by atoms with Gasteiger partial charge in [-0.3, -0.25) is 4.79 Å². The maximum atomic E-state index is 11.9. The van der Waals surface area contributed by atoms with Gasteiger partial charge in [0.15, 0.2) is 6.10 Å². The van der Waals surface area contributed by atoms with Gasteiger partial charge in [-0.2, -0.15) is 0 Å². The number of aliphatic hydroxyl groups excluding tert-OH is 1. The van der Waals surface area contributed by atoms with Crippen molar-refractivity contribution in [3.05, 3.63) is 29.3 Å². The van der Waals surface area contributed by atoms with Gasteiger partial charge in [-0.1, -0.05) is 18.2 Å². The molecular weight excluding hydrogens is 258 g/mol. The van der Waals surface area contributed by atoms with E-state index in [1.54, 1.807) is 20.1 Å². The lowest BCUT2D eigenvalue weighted by molar-refractivity contribution is -0.127. The molecular formula is C15H23NO4. The van der Waals surface area contributed by atoms with Gasteiger partial charge in [-0.15, -0.1) is 0 Å². The van der Waals surface area contributed by atoms with E-state index < -0.39 is 6.10 Å². The molecule has 0 saturated heterocycles. The molecule has 0 heterocycles. The second-order valence-electron chi connectivity index (χ2n) is 4.62. The summed E-state index contributed by atoms with van der Waals surface area (Å²) in [5.41, 5.74) is 1.58. The van der Waals surface area contributed by atoms with E-state index >= 15 is 0 Å². The Labute approximate surface area is 119 Å². The molecule has 1 amide bonds. The average Bonchev–Trinajstić information content (AvgIpc) is 2.45. The second kappa shape index (κ2) is 8.55. The fraction of sp³-hybridized carbons (Fsp3) is 0.533. The van der Waals surface area contributed by atoms with E-state index in [0.717, 1.165) is 12.0 Å². The first-order valence-electron chi connectivity index (χ1n) is 6.72. The summed E-state index contributed by atoms with van der Waals surface area (Å²) in [5.74, 6) is 0.405. The zero-order valence-electron chi connectivity index (χ0n) is 12.3. The summed E-state index contributed by atoms with van der Waals surface area (Å²) in [6.45, 7) is 4.64. The molecule has 5 heteroatoms. The molecule has 1 aromatic rings. The van der Waals surface area contributed by atoms with E-state index in [1.807, 2.05) is 19.1 Å². The van der Waals surface area contributed by atoms with Crippen molar-refractivity contribution in [1.82, 2.24) is 5.32 Å². The van der Waals surface area contributed by atoms with Crippen molar-refractivity contribution in [2.24, 2.45) is 0 Å². The Balaban J connectivity index is 2.57. The summed E-state index contributed by atoms with van der Waals surface area (Å²) < 4.78 is 10.6. The molecule has 1 atom stereocenters. The molecule has 0 aliphatic heterocycles. The van der Waals surface area contributed by atoms with Gasteiger partial charge >= 0.3 is 0 Å². The first kappa shape index (κ1) is 16.5. The molecule has 0 radical (unpaired) electrons. The third-order valence-corrected chi connectivity index (χ3v) is 2.95. The van der Waals surface area contributed by atoms with Crippen LogP contribution in [-0.2, 0) is 16.1 Å². The molecule has 0 spiro atoms. The smallest absolute Gasteiger partial charge is 0.260 e. The molecule has 0 aromatic heterocycles. The number of benzene rings is 1. The van der Waals surface area contributed by atoms with Crippen molar-refractivity contribution in [3.8, 4) is 5.75 Å². The highest BCUT2D eigenvalue weighted by Gasteiger charge is 2.16. The Bertz CT molecular complexity index is 434. The predicted octanol–water partition coefficient (Wildman–Crippen LogP) is 1.41. The van der Waals surface area contributed by atoms with Crippen LogP contribution in [0.1, 0.15) is 24.5 Å². The van der Waals surface area contributed by atoms with Gasteiger partial charge in [0.25, 0.3) is 5.91 Å². The molecule has 0 aliphatic carbocycles. The minimum absolute atomic E-state index is 0.112. The third-order valence-electron chi connectivity index (χ3n) is 2.95. The van der Waals surface area contributed by atoms with Crippen molar-refractivity contribution in [3.63, 3.8) is 0 Å². The topological polar surface area (TPSA) is 67.8 Å². The van der Waals surface area contributed by atoms with Crippen LogP contribution in [0.2, 0.25) is 0 Å². The van der Waals surface area contributed by atoms with E-state index in [9.17, 15) is 9.90 Å². The molecule has 5 nitrogen and oxygen atoms in total. The lowest BCUT2D eigenvalue weighted by atomic mass is 10.1. The number of rotatable bonds is 8. The Kier molecular flexibility index (Phi) is 7.04. The molecule has 112 valence electrons.